The van der Waals surface area contributed by atoms with Crippen LogP contribution in [-0.4, -0.2) is 32.2 Å². The van der Waals surface area contributed by atoms with Gasteiger partial charge in [-0.2, -0.15) is 0 Å². The number of hydrogen-bond acceptors (Lipinski definition) is 2. The summed E-state index contributed by atoms with van der Waals surface area (Å²) in [4.78, 5) is 4.23. The van der Waals surface area contributed by atoms with Gasteiger partial charge in [0.1, 0.15) is 5.75 Å². The fraction of sp³-hybridized carbons (Fsp3) is 0.562. The van der Waals surface area contributed by atoms with Crippen molar-refractivity contribution in [2.24, 2.45) is 4.99 Å². The molecule has 0 aliphatic carbocycles. The molecule has 4 nitrogen and oxygen atoms in total. The largest absolute Gasteiger partial charge is 0.494 e. The van der Waals surface area contributed by atoms with Crippen LogP contribution in [0.4, 0.5) is 0 Å². The second-order valence-corrected chi connectivity index (χ2v) is 4.74. The molecule has 1 atom stereocenters. The fourth-order valence-corrected chi connectivity index (χ4v) is 1.85. The molecule has 0 spiro atoms. The number of aliphatic imine (C=N–C) groups is 1. The van der Waals surface area contributed by atoms with E-state index < -0.39 is 0 Å². The lowest BCUT2D eigenvalue weighted by molar-refractivity contribution is 0.336. The minimum Gasteiger partial charge on any atom is -0.494 e. The van der Waals surface area contributed by atoms with Crippen LogP contribution in [0.25, 0.3) is 0 Å². The smallest absolute Gasteiger partial charge is 0.191 e. The summed E-state index contributed by atoms with van der Waals surface area (Å²) in [5.74, 6) is 1.83. The van der Waals surface area contributed by atoms with E-state index in [9.17, 15) is 0 Å². The second kappa shape index (κ2) is 9.23. The number of hydrogen-bond donors (Lipinski definition) is 2. The molecule has 4 heteroatoms. The molecule has 0 saturated carbocycles. The van der Waals surface area contributed by atoms with E-state index in [4.69, 9.17) is 4.74 Å². The Hall–Kier alpha value is -1.71. The molecule has 0 heterocycles. The Morgan fingerprint density at radius 1 is 1.30 bits per heavy atom. The maximum Gasteiger partial charge on any atom is 0.191 e. The standard InChI is InChI=1S/C16H27N3O/c1-5-13(3)19-16(17-4)18-12-11-14-9-7-8-10-15(14)20-6-2/h7-10,13H,5-6,11-12H2,1-4H3,(H2,17,18,19). The van der Waals surface area contributed by atoms with E-state index >= 15 is 0 Å². The molecule has 0 aromatic heterocycles. The van der Waals surface area contributed by atoms with E-state index in [2.05, 4.69) is 35.5 Å². The lowest BCUT2D eigenvalue weighted by atomic mass is 10.1. The highest BCUT2D eigenvalue weighted by molar-refractivity contribution is 5.79. The summed E-state index contributed by atoms with van der Waals surface area (Å²) in [6.07, 6.45) is 1.99. The average Bonchev–Trinajstić information content (AvgIpc) is 2.48. The summed E-state index contributed by atoms with van der Waals surface area (Å²) in [6.45, 7) is 7.84. The first kappa shape index (κ1) is 16.3. The summed E-state index contributed by atoms with van der Waals surface area (Å²) >= 11 is 0. The number of rotatable bonds is 7. The first-order valence-electron chi connectivity index (χ1n) is 7.39. The maximum absolute atomic E-state index is 5.63. The molecular formula is C16H27N3O. The highest BCUT2D eigenvalue weighted by Crippen LogP contribution is 2.17. The maximum atomic E-state index is 5.63. The predicted octanol–water partition coefficient (Wildman–Crippen LogP) is 2.59. The Kier molecular flexibility index (Phi) is 7.55. The van der Waals surface area contributed by atoms with Crippen LogP contribution in [-0.2, 0) is 6.42 Å². The Labute approximate surface area is 122 Å². The van der Waals surface area contributed by atoms with Gasteiger partial charge in [0.25, 0.3) is 0 Å². The Morgan fingerprint density at radius 2 is 2.05 bits per heavy atom. The van der Waals surface area contributed by atoms with Crippen LogP contribution in [0, 0.1) is 0 Å². The molecule has 1 unspecified atom stereocenters. The van der Waals surface area contributed by atoms with Gasteiger partial charge >= 0.3 is 0 Å². The highest BCUT2D eigenvalue weighted by atomic mass is 16.5. The van der Waals surface area contributed by atoms with Gasteiger partial charge in [-0.05, 0) is 38.3 Å². The van der Waals surface area contributed by atoms with Crippen molar-refractivity contribution in [2.45, 2.75) is 39.7 Å². The number of para-hydroxylation sites is 1. The van der Waals surface area contributed by atoms with Crippen molar-refractivity contribution >= 4 is 5.96 Å². The lowest BCUT2D eigenvalue weighted by Gasteiger charge is -2.17. The van der Waals surface area contributed by atoms with Crippen molar-refractivity contribution in [1.82, 2.24) is 10.6 Å². The molecule has 0 aliphatic heterocycles. The van der Waals surface area contributed by atoms with Crippen molar-refractivity contribution in [3.05, 3.63) is 29.8 Å². The molecule has 0 radical (unpaired) electrons. The molecule has 2 N–H and O–H groups in total. The van der Waals surface area contributed by atoms with Crippen LogP contribution in [0.3, 0.4) is 0 Å². The average molecular weight is 277 g/mol. The molecule has 0 aliphatic rings. The number of nitrogens with one attached hydrogen (secondary N) is 2. The third kappa shape index (κ3) is 5.51. The number of benzene rings is 1. The van der Waals surface area contributed by atoms with Gasteiger partial charge in [-0.3, -0.25) is 4.99 Å². The summed E-state index contributed by atoms with van der Waals surface area (Å²) in [7, 11) is 1.80. The third-order valence-corrected chi connectivity index (χ3v) is 3.18. The van der Waals surface area contributed by atoms with E-state index in [1.54, 1.807) is 7.05 Å². The van der Waals surface area contributed by atoms with Crippen molar-refractivity contribution in [1.29, 1.82) is 0 Å². The summed E-state index contributed by atoms with van der Waals surface area (Å²) in [5, 5.41) is 6.69. The van der Waals surface area contributed by atoms with E-state index in [1.807, 2.05) is 25.1 Å². The summed E-state index contributed by atoms with van der Waals surface area (Å²) < 4.78 is 5.63. The van der Waals surface area contributed by atoms with Crippen LogP contribution < -0.4 is 15.4 Å². The van der Waals surface area contributed by atoms with Gasteiger partial charge in [0.15, 0.2) is 5.96 Å². The summed E-state index contributed by atoms with van der Waals surface area (Å²) in [6, 6.07) is 8.61. The molecule has 20 heavy (non-hydrogen) atoms. The molecule has 1 aromatic carbocycles. The van der Waals surface area contributed by atoms with Crippen molar-refractivity contribution < 1.29 is 4.74 Å². The fourth-order valence-electron chi connectivity index (χ4n) is 1.85. The SMILES string of the molecule is CCOc1ccccc1CCNC(=NC)NC(C)CC. The molecule has 0 fully saturated rings. The monoisotopic (exact) mass is 277 g/mol. The zero-order valence-corrected chi connectivity index (χ0v) is 13.1. The number of guanidine groups is 1. The first-order valence-corrected chi connectivity index (χ1v) is 7.39. The first-order chi connectivity index (χ1) is 9.71. The van der Waals surface area contributed by atoms with Gasteiger partial charge in [-0.1, -0.05) is 25.1 Å². The van der Waals surface area contributed by atoms with E-state index in [1.165, 1.54) is 5.56 Å². The number of nitrogens with zero attached hydrogens (tertiary/aromatic N) is 1. The molecule has 0 bridgehead atoms. The van der Waals surface area contributed by atoms with Crippen LogP contribution >= 0.6 is 0 Å². The van der Waals surface area contributed by atoms with E-state index in [0.29, 0.717) is 12.6 Å². The Morgan fingerprint density at radius 3 is 2.70 bits per heavy atom. The Bertz CT molecular complexity index is 418. The topological polar surface area (TPSA) is 45.6 Å². The summed E-state index contributed by atoms with van der Waals surface area (Å²) in [5.41, 5.74) is 1.22. The molecule has 1 rings (SSSR count). The minimum absolute atomic E-state index is 0.428. The Balaban J connectivity index is 2.47. The zero-order valence-electron chi connectivity index (χ0n) is 13.1. The molecule has 0 saturated heterocycles. The van der Waals surface area contributed by atoms with E-state index in [-0.39, 0.29) is 0 Å². The zero-order chi connectivity index (χ0) is 14.8. The van der Waals surface area contributed by atoms with Gasteiger partial charge in [-0.15, -0.1) is 0 Å². The van der Waals surface area contributed by atoms with Crippen LogP contribution in [0.5, 0.6) is 5.75 Å². The van der Waals surface area contributed by atoms with Gasteiger partial charge in [-0.25, -0.2) is 0 Å². The molecule has 0 amide bonds. The van der Waals surface area contributed by atoms with Crippen molar-refractivity contribution in [3.63, 3.8) is 0 Å². The third-order valence-electron chi connectivity index (χ3n) is 3.18. The molecular weight excluding hydrogens is 250 g/mol. The van der Waals surface area contributed by atoms with Crippen LogP contribution in [0.2, 0.25) is 0 Å². The van der Waals surface area contributed by atoms with Crippen LogP contribution in [0.15, 0.2) is 29.3 Å². The predicted molar refractivity (Wildman–Crippen MR) is 85.6 cm³/mol. The molecule has 112 valence electrons. The molecule has 1 aromatic rings. The van der Waals surface area contributed by atoms with Crippen LogP contribution in [0.1, 0.15) is 32.8 Å². The quantitative estimate of drug-likeness (QED) is 0.595. The minimum atomic E-state index is 0.428. The van der Waals surface area contributed by atoms with Gasteiger partial charge in [0.2, 0.25) is 0 Å². The van der Waals surface area contributed by atoms with Crippen molar-refractivity contribution in [3.8, 4) is 5.75 Å². The normalized spacial score (nSPS) is 12.9. The van der Waals surface area contributed by atoms with Gasteiger partial charge in [0, 0.05) is 19.6 Å². The van der Waals surface area contributed by atoms with E-state index in [0.717, 1.165) is 31.1 Å². The van der Waals surface area contributed by atoms with Crippen molar-refractivity contribution in [2.75, 3.05) is 20.2 Å². The second-order valence-electron chi connectivity index (χ2n) is 4.74. The lowest BCUT2D eigenvalue weighted by Crippen LogP contribution is -2.42. The van der Waals surface area contributed by atoms with Gasteiger partial charge < -0.3 is 15.4 Å². The van der Waals surface area contributed by atoms with Gasteiger partial charge in [0.05, 0.1) is 6.61 Å². The number of ether oxygens (including phenoxy) is 1. The highest BCUT2D eigenvalue weighted by Gasteiger charge is 2.04.